The van der Waals surface area contributed by atoms with Crippen molar-refractivity contribution in [2.24, 2.45) is 0 Å². The number of aryl methyl sites for hydroxylation is 1. The molecule has 0 saturated heterocycles. The molecule has 1 unspecified atom stereocenters. The molecule has 4 nitrogen and oxygen atoms in total. The molecule has 2 aromatic rings. The summed E-state index contributed by atoms with van der Waals surface area (Å²) in [5.41, 5.74) is 2.15. The first-order valence-electron chi connectivity index (χ1n) is 5.31. The van der Waals surface area contributed by atoms with Crippen molar-refractivity contribution in [3.63, 3.8) is 0 Å². The summed E-state index contributed by atoms with van der Waals surface area (Å²) in [4.78, 5) is 3.99. The highest BCUT2D eigenvalue weighted by Crippen LogP contribution is 2.11. The average Bonchev–Trinajstić information content (AvgIpc) is 2.73. The molecule has 0 fully saturated rings. The van der Waals surface area contributed by atoms with Crippen molar-refractivity contribution in [2.75, 3.05) is 0 Å². The lowest BCUT2D eigenvalue weighted by Crippen LogP contribution is -2.18. The summed E-state index contributed by atoms with van der Waals surface area (Å²) < 4.78 is 5.00. The molecule has 0 saturated carbocycles. The predicted octanol–water partition coefficient (Wildman–Crippen LogP) is 2.23. The van der Waals surface area contributed by atoms with Crippen LogP contribution in [0.4, 0.5) is 0 Å². The normalized spacial score (nSPS) is 12.6. The summed E-state index contributed by atoms with van der Waals surface area (Å²) in [5.74, 6) is 0.841. The summed E-state index contributed by atoms with van der Waals surface area (Å²) in [6.45, 7) is 4.71. The molecule has 2 rings (SSSR count). The Labute approximate surface area is 94.7 Å². The second kappa shape index (κ2) is 4.90. The maximum Gasteiger partial charge on any atom is 0.133 e. The van der Waals surface area contributed by atoms with Gasteiger partial charge in [0.05, 0.1) is 5.69 Å². The van der Waals surface area contributed by atoms with E-state index in [1.54, 1.807) is 12.4 Å². The Hall–Kier alpha value is -1.68. The lowest BCUT2D eigenvalue weighted by atomic mass is 10.1. The standard InChI is InChI=1S/C12H15N3O/c1-9-7-12(15-16-9)8-14-10(2)11-3-5-13-6-4-11/h3-7,10,14H,8H2,1-2H3. The number of nitrogens with zero attached hydrogens (tertiary/aromatic N) is 2. The van der Waals surface area contributed by atoms with Gasteiger partial charge in [-0.25, -0.2) is 0 Å². The van der Waals surface area contributed by atoms with Gasteiger partial charge in [0, 0.05) is 31.0 Å². The Morgan fingerprint density at radius 1 is 1.38 bits per heavy atom. The van der Waals surface area contributed by atoms with Crippen molar-refractivity contribution >= 4 is 0 Å². The van der Waals surface area contributed by atoms with E-state index in [-0.39, 0.29) is 6.04 Å². The molecule has 0 bridgehead atoms. The molecule has 0 amide bonds. The van der Waals surface area contributed by atoms with Crippen molar-refractivity contribution in [3.05, 3.63) is 47.6 Å². The second-order valence-electron chi connectivity index (χ2n) is 3.81. The van der Waals surface area contributed by atoms with Crippen molar-refractivity contribution in [1.82, 2.24) is 15.5 Å². The van der Waals surface area contributed by atoms with Gasteiger partial charge in [-0.1, -0.05) is 5.16 Å². The largest absolute Gasteiger partial charge is 0.361 e. The smallest absolute Gasteiger partial charge is 0.133 e. The number of hydrogen-bond donors (Lipinski definition) is 1. The molecule has 4 heteroatoms. The molecule has 1 N–H and O–H groups in total. The van der Waals surface area contributed by atoms with Crippen LogP contribution in [0.5, 0.6) is 0 Å². The third-order valence-corrected chi connectivity index (χ3v) is 2.47. The van der Waals surface area contributed by atoms with Crippen LogP contribution in [-0.4, -0.2) is 10.1 Å². The van der Waals surface area contributed by atoms with Gasteiger partial charge in [0.15, 0.2) is 0 Å². The third-order valence-electron chi connectivity index (χ3n) is 2.47. The van der Waals surface area contributed by atoms with Gasteiger partial charge in [0.2, 0.25) is 0 Å². The second-order valence-corrected chi connectivity index (χ2v) is 3.81. The fourth-order valence-corrected chi connectivity index (χ4v) is 1.53. The molecular weight excluding hydrogens is 202 g/mol. The first-order chi connectivity index (χ1) is 7.75. The van der Waals surface area contributed by atoms with Crippen LogP contribution >= 0.6 is 0 Å². The van der Waals surface area contributed by atoms with Gasteiger partial charge in [-0.15, -0.1) is 0 Å². The van der Waals surface area contributed by atoms with Gasteiger partial charge in [0.25, 0.3) is 0 Å². The predicted molar refractivity (Wildman–Crippen MR) is 60.7 cm³/mol. The van der Waals surface area contributed by atoms with Crippen molar-refractivity contribution in [1.29, 1.82) is 0 Å². The average molecular weight is 217 g/mol. The van der Waals surface area contributed by atoms with Crippen LogP contribution in [0, 0.1) is 6.92 Å². The van der Waals surface area contributed by atoms with Crippen LogP contribution in [0.2, 0.25) is 0 Å². The molecule has 1 atom stereocenters. The van der Waals surface area contributed by atoms with Crippen molar-refractivity contribution in [2.45, 2.75) is 26.4 Å². The van der Waals surface area contributed by atoms with E-state index < -0.39 is 0 Å². The fourth-order valence-electron chi connectivity index (χ4n) is 1.53. The molecule has 0 aromatic carbocycles. The molecule has 0 spiro atoms. The van der Waals surface area contributed by atoms with Crippen LogP contribution in [0.25, 0.3) is 0 Å². The summed E-state index contributed by atoms with van der Waals surface area (Å²) in [7, 11) is 0. The first-order valence-corrected chi connectivity index (χ1v) is 5.31. The molecule has 0 aliphatic rings. The van der Waals surface area contributed by atoms with Gasteiger partial charge >= 0.3 is 0 Å². The highest BCUT2D eigenvalue weighted by atomic mass is 16.5. The number of rotatable bonds is 4. The molecule has 0 aliphatic carbocycles. The lowest BCUT2D eigenvalue weighted by molar-refractivity contribution is 0.386. The zero-order valence-electron chi connectivity index (χ0n) is 9.47. The Morgan fingerprint density at radius 3 is 2.75 bits per heavy atom. The molecule has 0 radical (unpaired) electrons. The molecule has 16 heavy (non-hydrogen) atoms. The first kappa shape index (κ1) is 10.8. The van der Waals surface area contributed by atoms with E-state index in [2.05, 4.69) is 22.4 Å². The number of pyridine rings is 1. The maximum absolute atomic E-state index is 5.00. The Kier molecular flexibility index (Phi) is 3.31. The quantitative estimate of drug-likeness (QED) is 0.853. The molecule has 2 aromatic heterocycles. The van der Waals surface area contributed by atoms with Crippen LogP contribution in [0.3, 0.4) is 0 Å². The van der Waals surface area contributed by atoms with Gasteiger partial charge in [-0.3, -0.25) is 4.98 Å². The van der Waals surface area contributed by atoms with E-state index in [1.165, 1.54) is 5.56 Å². The topological polar surface area (TPSA) is 51.0 Å². The van der Waals surface area contributed by atoms with E-state index in [0.29, 0.717) is 6.54 Å². The molecule has 0 aliphatic heterocycles. The number of nitrogens with one attached hydrogen (secondary N) is 1. The van der Waals surface area contributed by atoms with Crippen LogP contribution in [0.15, 0.2) is 35.1 Å². The summed E-state index contributed by atoms with van der Waals surface area (Å²) in [5, 5.41) is 7.31. The van der Waals surface area contributed by atoms with Crippen molar-refractivity contribution in [3.8, 4) is 0 Å². The third kappa shape index (κ3) is 2.67. The molecule has 84 valence electrons. The summed E-state index contributed by atoms with van der Waals surface area (Å²) in [6, 6.07) is 6.23. The van der Waals surface area contributed by atoms with E-state index in [9.17, 15) is 0 Å². The fraction of sp³-hybridized carbons (Fsp3) is 0.333. The molecular formula is C12H15N3O. The number of aromatic nitrogens is 2. The summed E-state index contributed by atoms with van der Waals surface area (Å²) >= 11 is 0. The highest BCUT2D eigenvalue weighted by molar-refractivity contribution is 5.14. The number of hydrogen-bond acceptors (Lipinski definition) is 4. The SMILES string of the molecule is Cc1cc(CNC(C)c2ccncc2)no1. The summed E-state index contributed by atoms with van der Waals surface area (Å²) in [6.07, 6.45) is 3.60. The Morgan fingerprint density at radius 2 is 2.12 bits per heavy atom. The van der Waals surface area contributed by atoms with E-state index in [0.717, 1.165) is 11.5 Å². The van der Waals surface area contributed by atoms with Gasteiger partial charge in [-0.2, -0.15) is 0 Å². The van der Waals surface area contributed by atoms with Gasteiger partial charge in [-0.05, 0) is 31.5 Å². The minimum atomic E-state index is 0.278. The van der Waals surface area contributed by atoms with Gasteiger partial charge < -0.3 is 9.84 Å². The minimum absolute atomic E-state index is 0.278. The van der Waals surface area contributed by atoms with E-state index >= 15 is 0 Å². The zero-order valence-corrected chi connectivity index (χ0v) is 9.47. The van der Waals surface area contributed by atoms with E-state index in [1.807, 2.05) is 25.1 Å². The zero-order chi connectivity index (χ0) is 11.4. The monoisotopic (exact) mass is 217 g/mol. The van der Waals surface area contributed by atoms with Crippen LogP contribution < -0.4 is 5.32 Å². The van der Waals surface area contributed by atoms with Gasteiger partial charge in [0.1, 0.15) is 5.76 Å². The van der Waals surface area contributed by atoms with Crippen LogP contribution in [0.1, 0.15) is 30.0 Å². The maximum atomic E-state index is 5.00. The minimum Gasteiger partial charge on any atom is -0.361 e. The Balaban J connectivity index is 1.91. The highest BCUT2D eigenvalue weighted by Gasteiger charge is 2.05. The lowest BCUT2D eigenvalue weighted by Gasteiger charge is -2.12. The van der Waals surface area contributed by atoms with Crippen molar-refractivity contribution < 1.29 is 4.52 Å². The Bertz CT molecular complexity index is 439. The molecule has 2 heterocycles. The van der Waals surface area contributed by atoms with E-state index in [4.69, 9.17) is 4.52 Å². The van der Waals surface area contributed by atoms with Crippen LogP contribution in [-0.2, 0) is 6.54 Å².